The van der Waals surface area contributed by atoms with E-state index in [1.807, 2.05) is 39.1 Å². The van der Waals surface area contributed by atoms with E-state index in [1.165, 1.54) is 10.4 Å². The molecule has 1 aliphatic heterocycles. The number of carbonyl (C=O) groups is 2. The first-order valence-corrected chi connectivity index (χ1v) is 8.46. The second kappa shape index (κ2) is 6.49. The summed E-state index contributed by atoms with van der Waals surface area (Å²) in [5, 5.41) is 14.5. The van der Waals surface area contributed by atoms with Crippen LogP contribution in [-0.4, -0.2) is 46.3 Å². The zero-order chi connectivity index (χ0) is 17.3. The Bertz CT molecular complexity index is 585. The number of carbonyl (C=O) groups excluding carboxylic acids is 1. The fourth-order valence-electron chi connectivity index (χ4n) is 2.57. The minimum atomic E-state index is -0.871. The quantitative estimate of drug-likeness (QED) is 0.861. The van der Waals surface area contributed by atoms with Crippen molar-refractivity contribution in [3.8, 4) is 0 Å². The molecule has 1 aromatic heterocycles. The number of hydrogen-bond acceptors (Lipinski definition) is 5. The fourth-order valence-corrected chi connectivity index (χ4v) is 3.41. The summed E-state index contributed by atoms with van der Waals surface area (Å²) < 4.78 is 5.32. The second-order valence-electron chi connectivity index (χ2n) is 7.07. The molecule has 0 bridgehead atoms. The maximum Gasteiger partial charge on any atom is 0.410 e. The average molecular weight is 340 g/mol. The number of ether oxygens (including phenoxy) is 1. The molecule has 6 nitrogen and oxygen atoms in total. The molecule has 1 fully saturated rings. The van der Waals surface area contributed by atoms with Crippen LogP contribution >= 0.6 is 11.3 Å². The van der Waals surface area contributed by atoms with Crippen molar-refractivity contribution in [2.75, 3.05) is 13.1 Å². The Morgan fingerprint density at radius 1 is 1.43 bits per heavy atom. The standard InChI is InChI=1S/C16H24N2O4S/c1-11-5-6-23-12(11)8-17-16(7-13(19)20)9-18(10-16)14(21)22-15(2,3)4/h5-6,17H,7-10H2,1-4H3,(H,19,20). The molecule has 0 unspecified atom stereocenters. The molecule has 1 amide bonds. The molecule has 1 saturated heterocycles. The van der Waals surface area contributed by atoms with Gasteiger partial charge in [-0.15, -0.1) is 11.3 Å². The minimum absolute atomic E-state index is 0.0171. The van der Waals surface area contributed by atoms with Gasteiger partial charge >= 0.3 is 12.1 Å². The molecule has 0 aliphatic carbocycles. The highest BCUT2D eigenvalue weighted by Gasteiger charge is 2.47. The maximum atomic E-state index is 12.0. The SMILES string of the molecule is Cc1ccsc1CNC1(CC(=O)O)CN(C(=O)OC(C)(C)C)C1. The van der Waals surface area contributed by atoms with Crippen molar-refractivity contribution in [3.63, 3.8) is 0 Å². The molecule has 2 heterocycles. The monoisotopic (exact) mass is 340 g/mol. The van der Waals surface area contributed by atoms with Crippen LogP contribution in [0.4, 0.5) is 4.79 Å². The van der Waals surface area contributed by atoms with Gasteiger partial charge < -0.3 is 20.1 Å². The van der Waals surface area contributed by atoms with Crippen LogP contribution in [0.25, 0.3) is 0 Å². The van der Waals surface area contributed by atoms with E-state index in [4.69, 9.17) is 9.84 Å². The number of aryl methyl sites for hydroxylation is 1. The summed E-state index contributed by atoms with van der Waals surface area (Å²) >= 11 is 1.64. The van der Waals surface area contributed by atoms with Gasteiger partial charge in [0.2, 0.25) is 0 Å². The lowest BCUT2D eigenvalue weighted by Crippen LogP contribution is -2.71. The Labute approximate surface area is 140 Å². The van der Waals surface area contributed by atoms with Gasteiger partial charge in [0.25, 0.3) is 0 Å². The number of thiophene rings is 1. The minimum Gasteiger partial charge on any atom is -0.481 e. The number of amides is 1. The summed E-state index contributed by atoms with van der Waals surface area (Å²) in [6.45, 7) is 8.77. The summed E-state index contributed by atoms with van der Waals surface area (Å²) in [7, 11) is 0. The van der Waals surface area contributed by atoms with Crippen molar-refractivity contribution in [3.05, 3.63) is 21.9 Å². The summed E-state index contributed by atoms with van der Waals surface area (Å²) in [6, 6.07) is 2.04. The van der Waals surface area contributed by atoms with E-state index in [1.54, 1.807) is 16.2 Å². The number of aliphatic carboxylic acids is 1. The number of carboxylic acids is 1. The van der Waals surface area contributed by atoms with Crippen molar-refractivity contribution >= 4 is 23.4 Å². The highest BCUT2D eigenvalue weighted by molar-refractivity contribution is 7.10. The van der Waals surface area contributed by atoms with Gasteiger partial charge in [0, 0.05) is 24.5 Å². The number of hydrogen-bond donors (Lipinski definition) is 2. The van der Waals surface area contributed by atoms with Crippen molar-refractivity contribution in [2.45, 2.75) is 51.8 Å². The summed E-state index contributed by atoms with van der Waals surface area (Å²) in [4.78, 5) is 25.9. The molecule has 0 radical (unpaired) electrons. The summed E-state index contributed by atoms with van der Waals surface area (Å²) in [6.07, 6.45) is -0.413. The van der Waals surface area contributed by atoms with Gasteiger partial charge in [0.15, 0.2) is 0 Å². The number of nitrogens with zero attached hydrogens (tertiary/aromatic N) is 1. The topological polar surface area (TPSA) is 78.9 Å². The Morgan fingerprint density at radius 2 is 2.09 bits per heavy atom. The largest absolute Gasteiger partial charge is 0.481 e. The van der Waals surface area contributed by atoms with Crippen LogP contribution in [0.15, 0.2) is 11.4 Å². The van der Waals surface area contributed by atoms with E-state index in [0.717, 1.165) is 0 Å². The Kier molecular flexibility index (Phi) is 5.01. The Hall–Kier alpha value is -1.60. The van der Waals surface area contributed by atoms with E-state index >= 15 is 0 Å². The molecule has 128 valence electrons. The molecule has 2 rings (SSSR count). The van der Waals surface area contributed by atoms with Crippen LogP contribution in [0, 0.1) is 6.92 Å². The zero-order valence-electron chi connectivity index (χ0n) is 14.0. The Balaban J connectivity index is 1.96. The summed E-state index contributed by atoms with van der Waals surface area (Å²) in [5.74, 6) is -0.871. The van der Waals surface area contributed by atoms with Gasteiger partial charge in [-0.05, 0) is 44.7 Å². The van der Waals surface area contributed by atoms with Gasteiger partial charge in [-0.2, -0.15) is 0 Å². The highest BCUT2D eigenvalue weighted by Crippen LogP contribution is 2.28. The number of rotatable bonds is 5. The van der Waals surface area contributed by atoms with Gasteiger partial charge in [-0.25, -0.2) is 4.79 Å². The normalized spacial score (nSPS) is 16.8. The van der Waals surface area contributed by atoms with Gasteiger partial charge in [-0.1, -0.05) is 0 Å². The first-order chi connectivity index (χ1) is 10.6. The van der Waals surface area contributed by atoms with Crippen molar-refractivity contribution in [2.24, 2.45) is 0 Å². The van der Waals surface area contributed by atoms with Crippen LogP contribution in [0.5, 0.6) is 0 Å². The van der Waals surface area contributed by atoms with Gasteiger partial charge in [-0.3, -0.25) is 4.79 Å². The first-order valence-electron chi connectivity index (χ1n) is 7.58. The highest BCUT2D eigenvalue weighted by atomic mass is 32.1. The predicted molar refractivity (Wildman–Crippen MR) is 88.7 cm³/mol. The lowest BCUT2D eigenvalue weighted by molar-refractivity contribution is -0.141. The fraction of sp³-hybridized carbons (Fsp3) is 0.625. The molecular weight excluding hydrogens is 316 g/mol. The molecular formula is C16H24N2O4S. The third kappa shape index (κ3) is 4.68. The lowest BCUT2D eigenvalue weighted by Gasteiger charge is -2.49. The number of nitrogens with one attached hydrogen (secondary N) is 1. The molecule has 2 N–H and O–H groups in total. The predicted octanol–water partition coefficient (Wildman–Crippen LogP) is 2.61. The maximum absolute atomic E-state index is 12.0. The van der Waals surface area contributed by atoms with Crippen LogP contribution in [-0.2, 0) is 16.1 Å². The summed E-state index contributed by atoms with van der Waals surface area (Å²) in [5.41, 5.74) is 0.0549. The molecule has 0 atom stereocenters. The van der Waals surface area contributed by atoms with Crippen LogP contribution in [0.2, 0.25) is 0 Å². The van der Waals surface area contributed by atoms with E-state index in [9.17, 15) is 9.59 Å². The van der Waals surface area contributed by atoms with E-state index < -0.39 is 23.2 Å². The smallest absolute Gasteiger partial charge is 0.410 e. The van der Waals surface area contributed by atoms with Crippen LogP contribution < -0.4 is 5.32 Å². The van der Waals surface area contributed by atoms with Crippen molar-refractivity contribution < 1.29 is 19.4 Å². The average Bonchev–Trinajstić information content (AvgIpc) is 2.74. The number of carboxylic acid groups (broad SMARTS) is 1. The first kappa shape index (κ1) is 17.7. The zero-order valence-corrected chi connectivity index (χ0v) is 14.8. The lowest BCUT2D eigenvalue weighted by atomic mass is 9.86. The molecule has 1 aromatic rings. The van der Waals surface area contributed by atoms with Crippen molar-refractivity contribution in [1.29, 1.82) is 0 Å². The Morgan fingerprint density at radius 3 is 2.57 bits per heavy atom. The second-order valence-corrected chi connectivity index (χ2v) is 8.07. The van der Waals surface area contributed by atoms with E-state index in [-0.39, 0.29) is 6.42 Å². The number of likely N-dealkylation sites (tertiary alicyclic amines) is 1. The molecule has 0 spiro atoms. The molecule has 7 heteroatoms. The molecule has 1 aliphatic rings. The molecule has 23 heavy (non-hydrogen) atoms. The van der Waals surface area contributed by atoms with Crippen molar-refractivity contribution in [1.82, 2.24) is 10.2 Å². The molecule has 0 aromatic carbocycles. The van der Waals surface area contributed by atoms with Crippen LogP contribution in [0.1, 0.15) is 37.6 Å². The third-order valence-electron chi connectivity index (χ3n) is 3.72. The van der Waals surface area contributed by atoms with Gasteiger partial charge in [0.1, 0.15) is 5.60 Å². The van der Waals surface area contributed by atoms with E-state index in [2.05, 4.69) is 5.32 Å². The van der Waals surface area contributed by atoms with Gasteiger partial charge in [0.05, 0.1) is 12.0 Å². The third-order valence-corrected chi connectivity index (χ3v) is 4.74. The van der Waals surface area contributed by atoms with E-state index in [0.29, 0.717) is 19.6 Å². The van der Waals surface area contributed by atoms with Crippen LogP contribution in [0.3, 0.4) is 0 Å². The molecule has 0 saturated carbocycles.